The minimum atomic E-state index is -0.542. The summed E-state index contributed by atoms with van der Waals surface area (Å²) >= 11 is 0. The predicted octanol–water partition coefficient (Wildman–Crippen LogP) is 3.26. The zero-order chi connectivity index (χ0) is 13.7. The van der Waals surface area contributed by atoms with Gasteiger partial charge in [-0.25, -0.2) is 0 Å². The van der Waals surface area contributed by atoms with Crippen molar-refractivity contribution in [2.75, 3.05) is 0 Å². The van der Waals surface area contributed by atoms with Gasteiger partial charge in [0.05, 0.1) is 0 Å². The molecule has 18 heavy (non-hydrogen) atoms. The van der Waals surface area contributed by atoms with E-state index in [9.17, 15) is 9.59 Å². The molecule has 2 rings (SSSR count). The molecule has 1 atom stereocenters. The molecule has 0 radical (unpaired) electrons. The highest BCUT2D eigenvalue weighted by molar-refractivity contribution is 6.16. The van der Waals surface area contributed by atoms with E-state index in [2.05, 4.69) is 6.07 Å². The number of hydrogen-bond acceptors (Lipinski definition) is 2. The molecule has 0 aliphatic heterocycles. The number of hydrogen-bond donors (Lipinski definition) is 0. The van der Waals surface area contributed by atoms with E-state index in [-0.39, 0.29) is 11.6 Å². The Morgan fingerprint density at radius 1 is 1.00 bits per heavy atom. The fourth-order valence-electron chi connectivity index (χ4n) is 2.77. The monoisotopic (exact) mass is 244 g/mol. The third-order valence-electron chi connectivity index (χ3n) is 4.06. The summed E-state index contributed by atoms with van der Waals surface area (Å²) in [7, 11) is 0. The van der Waals surface area contributed by atoms with Crippen molar-refractivity contribution < 1.29 is 9.59 Å². The maximum Gasteiger partial charge on any atom is 0.153 e. The van der Waals surface area contributed by atoms with Gasteiger partial charge >= 0.3 is 0 Å². The number of carbonyl (C=O) groups excluding carboxylic acids is 2. The Labute approximate surface area is 108 Å². The van der Waals surface area contributed by atoms with Crippen molar-refractivity contribution in [3.63, 3.8) is 0 Å². The SMILES string of the molecule is Cc1cc(C)c(C2C(=O)CC(C)(C)C2=O)cc1C. The molecule has 1 aromatic rings. The molecule has 1 aliphatic carbocycles. The normalized spacial score (nSPS) is 22.6. The summed E-state index contributed by atoms with van der Waals surface area (Å²) in [5.74, 6) is -0.408. The highest BCUT2D eigenvalue weighted by atomic mass is 16.2. The van der Waals surface area contributed by atoms with Crippen molar-refractivity contribution in [3.05, 3.63) is 34.4 Å². The van der Waals surface area contributed by atoms with E-state index in [0.29, 0.717) is 6.42 Å². The van der Waals surface area contributed by atoms with Crippen molar-refractivity contribution >= 4 is 11.6 Å². The Bertz CT molecular complexity index is 538. The van der Waals surface area contributed by atoms with Gasteiger partial charge in [-0.05, 0) is 43.0 Å². The molecule has 1 unspecified atom stereocenters. The van der Waals surface area contributed by atoms with Gasteiger partial charge in [0.25, 0.3) is 0 Å². The second-order valence-electron chi connectivity index (χ2n) is 6.12. The van der Waals surface area contributed by atoms with Crippen LogP contribution in [0.4, 0.5) is 0 Å². The van der Waals surface area contributed by atoms with Gasteiger partial charge in [0.2, 0.25) is 0 Å². The van der Waals surface area contributed by atoms with Gasteiger partial charge in [0.1, 0.15) is 11.7 Å². The molecule has 0 amide bonds. The minimum absolute atomic E-state index is 0.0661. The zero-order valence-electron chi connectivity index (χ0n) is 11.8. The molecule has 0 bridgehead atoms. The Hall–Kier alpha value is -1.44. The summed E-state index contributed by atoms with van der Waals surface area (Å²) in [6.45, 7) is 9.78. The van der Waals surface area contributed by atoms with Crippen LogP contribution in [0.2, 0.25) is 0 Å². The van der Waals surface area contributed by atoms with E-state index < -0.39 is 11.3 Å². The van der Waals surface area contributed by atoms with Crippen LogP contribution in [0.15, 0.2) is 12.1 Å². The van der Waals surface area contributed by atoms with Gasteiger partial charge in [-0.2, -0.15) is 0 Å². The molecule has 1 aliphatic rings. The Morgan fingerprint density at radius 2 is 1.56 bits per heavy atom. The first-order valence-corrected chi connectivity index (χ1v) is 6.39. The molecule has 2 heteroatoms. The molecule has 2 nitrogen and oxygen atoms in total. The summed E-state index contributed by atoms with van der Waals surface area (Å²) in [6.07, 6.45) is 0.364. The van der Waals surface area contributed by atoms with Crippen molar-refractivity contribution in [1.29, 1.82) is 0 Å². The summed E-state index contributed by atoms with van der Waals surface area (Å²) in [4.78, 5) is 24.5. The first-order chi connectivity index (χ1) is 8.24. The highest BCUT2D eigenvalue weighted by Crippen LogP contribution is 2.41. The topological polar surface area (TPSA) is 34.1 Å². The van der Waals surface area contributed by atoms with Crippen LogP contribution in [0.25, 0.3) is 0 Å². The minimum Gasteiger partial charge on any atom is -0.298 e. The van der Waals surface area contributed by atoms with Gasteiger partial charge in [-0.15, -0.1) is 0 Å². The van der Waals surface area contributed by atoms with Gasteiger partial charge in [0, 0.05) is 11.8 Å². The molecular formula is C16H20O2. The third kappa shape index (κ3) is 1.90. The van der Waals surface area contributed by atoms with Crippen LogP contribution >= 0.6 is 0 Å². The number of carbonyl (C=O) groups is 2. The predicted molar refractivity (Wildman–Crippen MR) is 71.8 cm³/mol. The molecular weight excluding hydrogens is 224 g/mol. The summed E-state index contributed by atoms with van der Waals surface area (Å²) in [5.41, 5.74) is 3.78. The Morgan fingerprint density at radius 3 is 2.06 bits per heavy atom. The summed E-state index contributed by atoms with van der Waals surface area (Å²) in [5, 5.41) is 0. The number of Topliss-reactive ketones (excluding diaryl/α,β-unsaturated/α-hetero) is 2. The molecule has 1 aromatic carbocycles. The first kappa shape index (κ1) is 13.0. The van der Waals surface area contributed by atoms with Gasteiger partial charge in [-0.1, -0.05) is 26.0 Å². The lowest BCUT2D eigenvalue weighted by atomic mass is 9.84. The third-order valence-corrected chi connectivity index (χ3v) is 4.06. The Kier molecular flexibility index (Phi) is 2.92. The lowest BCUT2D eigenvalue weighted by Gasteiger charge is -2.17. The summed E-state index contributed by atoms with van der Waals surface area (Å²) in [6, 6.07) is 4.07. The van der Waals surface area contributed by atoms with Gasteiger partial charge in [-0.3, -0.25) is 9.59 Å². The molecule has 1 fully saturated rings. The second kappa shape index (κ2) is 4.04. The Balaban J connectivity index is 2.53. The molecule has 96 valence electrons. The van der Waals surface area contributed by atoms with E-state index in [1.165, 1.54) is 5.56 Å². The van der Waals surface area contributed by atoms with Gasteiger partial charge < -0.3 is 0 Å². The molecule has 0 aromatic heterocycles. The van der Waals surface area contributed by atoms with Crippen molar-refractivity contribution in [2.24, 2.45) is 5.41 Å². The average Bonchev–Trinajstić information content (AvgIpc) is 2.43. The van der Waals surface area contributed by atoms with Crippen LogP contribution in [0.3, 0.4) is 0 Å². The fraction of sp³-hybridized carbons (Fsp3) is 0.500. The van der Waals surface area contributed by atoms with E-state index in [0.717, 1.165) is 16.7 Å². The first-order valence-electron chi connectivity index (χ1n) is 6.39. The van der Waals surface area contributed by atoms with E-state index in [1.54, 1.807) is 0 Å². The number of benzene rings is 1. The van der Waals surface area contributed by atoms with E-state index in [1.807, 2.05) is 40.7 Å². The maximum absolute atomic E-state index is 12.4. The van der Waals surface area contributed by atoms with Crippen LogP contribution in [0, 0.1) is 26.2 Å². The standard InChI is InChI=1S/C16H20O2/c1-9-6-11(3)12(7-10(9)2)14-13(17)8-16(4,5)15(14)18/h6-7,14H,8H2,1-5H3. The van der Waals surface area contributed by atoms with Crippen molar-refractivity contribution in [1.82, 2.24) is 0 Å². The van der Waals surface area contributed by atoms with E-state index in [4.69, 9.17) is 0 Å². The maximum atomic E-state index is 12.4. The van der Waals surface area contributed by atoms with Crippen molar-refractivity contribution in [2.45, 2.75) is 47.0 Å². The van der Waals surface area contributed by atoms with Crippen LogP contribution in [-0.2, 0) is 9.59 Å². The van der Waals surface area contributed by atoms with Crippen LogP contribution in [0.1, 0.15) is 48.4 Å². The smallest absolute Gasteiger partial charge is 0.153 e. The quantitative estimate of drug-likeness (QED) is 0.710. The van der Waals surface area contributed by atoms with Crippen LogP contribution in [-0.4, -0.2) is 11.6 Å². The lowest BCUT2D eigenvalue weighted by molar-refractivity contribution is -0.126. The number of aryl methyl sites for hydroxylation is 3. The van der Waals surface area contributed by atoms with Crippen LogP contribution in [0.5, 0.6) is 0 Å². The molecule has 0 N–H and O–H groups in total. The second-order valence-corrected chi connectivity index (χ2v) is 6.12. The average molecular weight is 244 g/mol. The van der Waals surface area contributed by atoms with Crippen LogP contribution < -0.4 is 0 Å². The molecule has 0 spiro atoms. The van der Waals surface area contributed by atoms with E-state index >= 15 is 0 Å². The zero-order valence-corrected chi connectivity index (χ0v) is 11.8. The molecule has 0 heterocycles. The number of ketones is 2. The lowest BCUT2D eigenvalue weighted by Crippen LogP contribution is -2.21. The number of rotatable bonds is 1. The largest absolute Gasteiger partial charge is 0.298 e. The summed E-state index contributed by atoms with van der Waals surface area (Å²) < 4.78 is 0. The fourth-order valence-corrected chi connectivity index (χ4v) is 2.77. The molecule has 0 saturated heterocycles. The highest BCUT2D eigenvalue weighted by Gasteiger charge is 2.47. The van der Waals surface area contributed by atoms with Gasteiger partial charge in [0.15, 0.2) is 5.78 Å². The van der Waals surface area contributed by atoms with Crippen molar-refractivity contribution in [3.8, 4) is 0 Å². The molecule has 1 saturated carbocycles.